The van der Waals surface area contributed by atoms with Crippen LogP contribution in [0.15, 0.2) is 18.2 Å². The van der Waals surface area contributed by atoms with Crippen LogP contribution in [-0.2, 0) is 0 Å². The maximum absolute atomic E-state index is 12.0. The quantitative estimate of drug-likeness (QED) is 0.749. The van der Waals surface area contributed by atoms with Crippen molar-refractivity contribution in [1.82, 2.24) is 10.6 Å². The molecule has 1 atom stereocenters. The summed E-state index contributed by atoms with van der Waals surface area (Å²) in [5.41, 5.74) is 0.249. The fraction of sp³-hybridized carbons (Fsp3) is 0.500. The van der Waals surface area contributed by atoms with Gasteiger partial charge in [0.05, 0.1) is 12.7 Å². The Hall–Kier alpha value is -1.75. The summed E-state index contributed by atoms with van der Waals surface area (Å²) in [6.07, 6.45) is 3.28. The van der Waals surface area contributed by atoms with Crippen LogP contribution in [-0.4, -0.2) is 37.3 Å². The minimum absolute atomic E-state index is 0.110. The van der Waals surface area contributed by atoms with E-state index in [1.165, 1.54) is 20.0 Å². The molecule has 1 aromatic rings. The lowest BCUT2D eigenvalue weighted by Crippen LogP contribution is -2.30. The molecule has 0 bridgehead atoms. The molecule has 0 radical (unpaired) electrons. The highest BCUT2D eigenvalue weighted by Crippen LogP contribution is 2.29. The Kier molecular flexibility index (Phi) is 4.63. The average Bonchev–Trinajstić information content (AvgIpc) is 2.92. The van der Waals surface area contributed by atoms with Gasteiger partial charge in [0.2, 0.25) is 0 Å². The van der Waals surface area contributed by atoms with Gasteiger partial charge in [0.15, 0.2) is 11.5 Å². The first-order valence-electron chi connectivity index (χ1n) is 6.60. The Morgan fingerprint density at radius 1 is 1.58 bits per heavy atom. The summed E-state index contributed by atoms with van der Waals surface area (Å²) in [7, 11) is 1.46. The van der Waals surface area contributed by atoms with Crippen LogP contribution in [0.5, 0.6) is 11.5 Å². The van der Waals surface area contributed by atoms with Crippen LogP contribution < -0.4 is 15.4 Å². The summed E-state index contributed by atoms with van der Waals surface area (Å²) < 4.78 is 4.98. The summed E-state index contributed by atoms with van der Waals surface area (Å²) in [5, 5.41) is 16.1. The summed E-state index contributed by atoms with van der Waals surface area (Å²) in [4.78, 5) is 12.0. The van der Waals surface area contributed by atoms with Gasteiger partial charge in [0, 0.05) is 12.6 Å². The first-order chi connectivity index (χ1) is 9.22. The van der Waals surface area contributed by atoms with Gasteiger partial charge >= 0.3 is 0 Å². The van der Waals surface area contributed by atoms with Crippen LogP contribution in [0.2, 0.25) is 0 Å². The Morgan fingerprint density at radius 3 is 3.11 bits per heavy atom. The maximum atomic E-state index is 12.0. The molecule has 2 rings (SSSR count). The van der Waals surface area contributed by atoms with Crippen molar-refractivity contribution in [2.45, 2.75) is 25.3 Å². The molecule has 1 fully saturated rings. The van der Waals surface area contributed by atoms with Crippen LogP contribution in [0.4, 0.5) is 0 Å². The number of ether oxygens (including phenoxy) is 1. The fourth-order valence-electron chi connectivity index (χ4n) is 2.33. The van der Waals surface area contributed by atoms with E-state index in [9.17, 15) is 9.90 Å². The van der Waals surface area contributed by atoms with Crippen LogP contribution >= 0.6 is 0 Å². The van der Waals surface area contributed by atoms with Crippen molar-refractivity contribution >= 4 is 5.91 Å². The van der Waals surface area contributed by atoms with Crippen molar-refractivity contribution in [2.24, 2.45) is 0 Å². The van der Waals surface area contributed by atoms with E-state index in [1.807, 2.05) is 0 Å². The van der Waals surface area contributed by atoms with Gasteiger partial charge < -0.3 is 20.5 Å². The smallest absolute Gasteiger partial charge is 0.255 e. The molecule has 5 heteroatoms. The molecular formula is C14H20N2O3. The SMILES string of the molecule is COc1cccc(C(=O)NCC[C@@H]2CCCN2)c1O. The summed E-state index contributed by atoms with van der Waals surface area (Å²) >= 11 is 0. The van der Waals surface area contributed by atoms with Crippen molar-refractivity contribution in [2.75, 3.05) is 20.2 Å². The van der Waals surface area contributed by atoms with E-state index in [0.717, 1.165) is 13.0 Å². The number of hydrogen-bond acceptors (Lipinski definition) is 4. The summed E-state index contributed by atoms with van der Waals surface area (Å²) in [5.74, 6) is -0.0685. The van der Waals surface area contributed by atoms with E-state index in [2.05, 4.69) is 10.6 Å². The van der Waals surface area contributed by atoms with Crippen molar-refractivity contribution in [3.8, 4) is 11.5 Å². The Bertz CT molecular complexity index is 442. The standard InChI is InChI=1S/C14H20N2O3/c1-19-12-6-2-5-11(13(12)17)14(18)16-9-7-10-4-3-8-15-10/h2,5-6,10,15,17H,3-4,7-9H2,1H3,(H,16,18)/t10-/m0/s1. The van der Waals surface area contributed by atoms with Gasteiger partial charge in [0.25, 0.3) is 5.91 Å². The molecule has 104 valence electrons. The topological polar surface area (TPSA) is 70.6 Å². The number of carbonyl (C=O) groups excluding carboxylic acids is 1. The first kappa shape index (κ1) is 13.7. The predicted molar refractivity (Wildman–Crippen MR) is 72.6 cm³/mol. The van der Waals surface area contributed by atoms with Crippen molar-refractivity contribution in [3.63, 3.8) is 0 Å². The Morgan fingerprint density at radius 2 is 2.42 bits per heavy atom. The lowest BCUT2D eigenvalue weighted by atomic mass is 10.1. The minimum atomic E-state index is -0.269. The normalized spacial score (nSPS) is 18.3. The van der Waals surface area contributed by atoms with Crippen LogP contribution in [0, 0.1) is 0 Å². The molecule has 0 spiro atoms. The molecule has 0 aliphatic carbocycles. The van der Waals surface area contributed by atoms with Gasteiger partial charge in [-0.2, -0.15) is 0 Å². The van der Waals surface area contributed by atoms with E-state index in [-0.39, 0.29) is 17.2 Å². The number of carbonyl (C=O) groups is 1. The fourth-order valence-corrected chi connectivity index (χ4v) is 2.33. The second-order valence-electron chi connectivity index (χ2n) is 4.69. The molecule has 1 amide bonds. The zero-order valence-electron chi connectivity index (χ0n) is 11.1. The summed E-state index contributed by atoms with van der Waals surface area (Å²) in [6.45, 7) is 1.67. The number of phenols is 1. The van der Waals surface area contributed by atoms with Crippen LogP contribution in [0.1, 0.15) is 29.6 Å². The van der Waals surface area contributed by atoms with Crippen molar-refractivity contribution < 1.29 is 14.6 Å². The van der Waals surface area contributed by atoms with E-state index < -0.39 is 0 Å². The molecule has 5 nitrogen and oxygen atoms in total. The van der Waals surface area contributed by atoms with E-state index in [0.29, 0.717) is 18.3 Å². The van der Waals surface area contributed by atoms with E-state index in [1.54, 1.807) is 18.2 Å². The summed E-state index contributed by atoms with van der Waals surface area (Å²) in [6, 6.07) is 5.39. The molecule has 1 heterocycles. The highest BCUT2D eigenvalue weighted by atomic mass is 16.5. The largest absolute Gasteiger partial charge is 0.504 e. The number of phenolic OH excluding ortho intramolecular Hbond substituents is 1. The minimum Gasteiger partial charge on any atom is -0.504 e. The number of methoxy groups -OCH3 is 1. The van der Waals surface area contributed by atoms with E-state index in [4.69, 9.17) is 4.74 Å². The molecule has 0 unspecified atom stereocenters. The highest BCUT2D eigenvalue weighted by Gasteiger charge is 2.16. The van der Waals surface area contributed by atoms with Crippen molar-refractivity contribution in [3.05, 3.63) is 23.8 Å². The number of amides is 1. The van der Waals surface area contributed by atoms with Gasteiger partial charge in [-0.3, -0.25) is 4.79 Å². The molecule has 1 aliphatic heterocycles. The third-order valence-electron chi connectivity index (χ3n) is 3.40. The third kappa shape index (κ3) is 3.38. The van der Waals surface area contributed by atoms with Crippen LogP contribution in [0.25, 0.3) is 0 Å². The van der Waals surface area contributed by atoms with Gasteiger partial charge in [-0.25, -0.2) is 0 Å². The number of hydrogen-bond donors (Lipinski definition) is 3. The molecule has 3 N–H and O–H groups in total. The molecular weight excluding hydrogens is 244 g/mol. The number of aromatic hydroxyl groups is 1. The Balaban J connectivity index is 1.88. The third-order valence-corrected chi connectivity index (χ3v) is 3.40. The molecule has 1 saturated heterocycles. The second-order valence-corrected chi connectivity index (χ2v) is 4.69. The zero-order chi connectivity index (χ0) is 13.7. The number of nitrogens with one attached hydrogen (secondary N) is 2. The van der Waals surface area contributed by atoms with Crippen molar-refractivity contribution in [1.29, 1.82) is 0 Å². The van der Waals surface area contributed by atoms with Gasteiger partial charge in [-0.05, 0) is 37.9 Å². The average molecular weight is 264 g/mol. The number of benzene rings is 1. The van der Waals surface area contributed by atoms with Gasteiger partial charge in [-0.15, -0.1) is 0 Å². The highest BCUT2D eigenvalue weighted by molar-refractivity contribution is 5.97. The molecule has 19 heavy (non-hydrogen) atoms. The lowest BCUT2D eigenvalue weighted by Gasteiger charge is -2.12. The predicted octanol–water partition coefficient (Wildman–Crippen LogP) is 1.27. The lowest BCUT2D eigenvalue weighted by molar-refractivity contribution is 0.0949. The zero-order valence-corrected chi connectivity index (χ0v) is 11.1. The molecule has 0 saturated carbocycles. The van der Waals surface area contributed by atoms with Gasteiger partial charge in [-0.1, -0.05) is 6.07 Å². The first-order valence-corrected chi connectivity index (χ1v) is 6.60. The second kappa shape index (κ2) is 6.43. The Labute approximate surface area is 113 Å². The molecule has 1 aliphatic rings. The monoisotopic (exact) mass is 264 g/mol. The van der Waals surface area contributed by atoms with Gasteiger partial charge in [0.1, 0.15) is 0 Å². The number of rotatable bonds is 5. The number of para-hydroxylation sites is 1. The van der Waals surface area contributed by atoms with Crippen LogP contribution in [0.3, 0.4) is 0 Å². The molecule has 0 aromatic heterocycles. The van der Waals surface area contributed by atoms with E-state index >= 15 is 0 Å². The maximum Gasteiger partial charge on any atom is 0.255 e. The molecule has 1 aromatic carbocycles.